The molecule has 8 heteroatoms. The lowest BCUT2D eigenvalue weighted by molar-refractivity contribution is -0.122. The number of amides is 1. The molecule has 1 aliphatic rings. The molecule has 1 saturated heterocycles. The van der Waals surface area contributed by atoms with Crippen LogP contribution < -0.4 is 11.0 Å². The highest BCUT2D eigenvalue weighted by molar-refractivity contribution is 5.78. The van der Waals surface area contributed by atoms with E-state index in [4.69, 9.17) is 4.74 Å². The summed E-state index contributed by atoms with van der Waals surface area (Å²) in [6.07, 6.45) is 3.47. The zero-order chi connectivity index (χ0) is 18.2. The first kappa shape index (κ1) is 19.4. The lowest BCUT2D eigenvalue weighted by Gasteiger charge is -2.30. The van der Waals surface area contributed by atoms with E-state index in [-0.39, 0.29) is 17.5 Å². The fourth-order valence-corrected chi connectivity index (χ4v) is 3.17. The number of likely N-dealkylation sites (tertiary alicyclic amines) is 1. The highest BCUT2D eigenvalue weighted by Crippen LogP contribution is 2.26. The second-order valence-corrected chi connectivity index (χ2v) is 6.24. The summed E-state index contributed by atoms with van der Waals surface area (Å²) in [5.74, 6) is 1.14. The predicted octanol–water partition coefficient (Wildman–Crippen LogP) is 0.193. The molecular weight excluding hydrogens is 322 g/mol. The lowest BCUT2D eigenvalue weighted by Crippen LogP contribution is -2.41. The van der Waals surface area contributed by atoms with Crippen molar-refractivity contribution in [3.63, 3.8) is 0 Å². The minimum Gasteiger partial charge on any atom is -0.383 e. The molecule has 1 N–H and O–H groups in total. The van der Waals surface area contributed by atoms with Crippen LogP contribution in [0.15, 0.2) is 17.4 Å². The molecular formula is C17H29N5O3. The maximum absolute atomic E-state index is 12.4. The van der Waals surface area contributed by atoms with Gasteiger partial charge in [-0.25, -0.2) is 9.48 Å². The monoisotopic (exact) mass is 351 g/mol. The number of carbonyl (C=O) groups excluding carboxylic acids is 1. The largest absolute Gasteiger partial charge is 0.383 e. The van der Waals surface area contributed by atoms with Crippen LogP contribution in [0.3, 0.4) is 0 Å². The average molecular weight is 351 g/mol. The number of hydrogen-bond acceptors (Lipinski definition) is 5. The molecule has 0 aromatic carbocycles. The van der Waals surface area contributed by atoms with Crippen molar-refractivity contribution in [2.75, 3.05) is 39.9 Å². The number of nitrogens with zero attached hydrogens (tertiary/aromatic N) is 4. The van der Waals surface area contributed by atoms with Crippen molar-refractivity contribution < 1.29 is 9.53 Å². The van der Waals surface area contributed by atoms with Crippen molar-refractivity contribution in [1.82, 2.24) is 24.6 Å². The number of piperidine rings is 1. The molecule has 25 heavy (non-hydrogen) atoms. The fraction of sp³-hybridized carbons (Fsp3) is 0.706. The first-order valence-corrected chi connectivity index (χ1v) is 8.87. The van der Waals surface area contributed by atoms with Gasteiger partial charge in [-0.05, 0) is 32.9 Å². The van der Waals surface area contributed by atoms with Crippen molar-refractivity contribution in [1.29, 1.82) is 0 Å². The van der Waals surface area contributed by atoms with Crippen molar-refractivity contribution in [2.24, 2.45) is 0 Å². The third-order valence-corrected chi connectivity index (χ3v) is 4.54. The van der Waals surface area contributed by atoms with Gasteiger partial charge in [-0.15, -0.1) is 6.58 Å². The Morgan fingerprint density at radius 3 is 2.76 bits per heavy atom. The van der Waals surface area contributed by atoms with Crippen LogP contribution in [0.4, 0.5) is 0 Å². The lowest BCUT2D eigenvalue weighted by atomic mass is 9.96. The number of nitrogens with one attached hydrogen (secondary N) is 1. The summed E-state index contributed by atoms with van der Waals surface area (Å²) in [7, 11) is 1.61. The summed E-state index contributed by atoms with van der Waals surface area (Å²) < 4.78 is 8.30. The number of methoxy groups -OCH3 is 1. The smallest absolute Gasteiger partial charge is 0.345 e. The predicted molar refractivity (Wildman–Crippen MR) is 95.7 cm³/mol. The molecule has 0 saturated carbocycles. The third kappa shape index (κ3) is 5.02. The van der Waals surface area contributed by atoms with Crippen LogP contribution in [0.5, 0.6) is 0 Å². The zero-order valence-corrected chi connectivity index (χ0v) is 15.2. The van der Waals surface area contributed by atoms with Crippen LogP contribution in [0.1, 0.15) is 31.5 Å². The van der Waals surface area contributed by atoms with Crippen LogP contribution >= 0.6 is 0 Å². The number of hydrogen-bond donors (Lipinski definition) is 1. The van der Waals surface area contributed by atoms with Gasteiger partial charge in [-0.3, -0.25) is 14.3 Å². The van der Waals surface area contributed by atoms with E-state index in [0.29, 0.717) is 32.8 Å². The highest BCUT2D eigenvalue weighted by atomic mass is 16.5. The number of carbonyl (C=O) groups is 1. The van der Waals surface area contributed by atoms with E-state index in [2.05, 4.69) is 21.9 Å². The highest BCUT2D eigenvalue weighted by Gasteiger charge is 2.27. The van der Waals surface area contributed by atoms with Gasteiger partial charge in [0.2, 0.25) is 5.91 Å². The maximum Gasteiger partial charge on any atom is 0.345 e. The van der Waals surface area contributed by atoms with Gasteiger partial charge in [0.25, 0.3) is 0 Å². The molecule has 8 nitrogen and oxygen atoms in total. The van der Waals surface area contributed by atoms with Crippen LogP contribution in [0.2, 0.25) is 0 Å². The van der Waals surface area contributed by atoms with E-state index in [0.717, 1.165) is 31.8 Å². The van der Waals surface area contributed by atoms with E-state index >= 15 is 0 Å². The molecule has 1 aromatic heterocycles. The molecule has 0 atom stereocenters. The van der Waals surface area contributed by atoms with E-state index in [1.165, 1.54) is 4.68 Å². The quantitative estimate of drug-likeness (QED) is 0.643. The normalized spacial score (nSPS) is 16.1. The summed E-state index contributed by atoms with van der Waals surface area (Å²) >= 11 is 0. The molecule has 2 rings (SSSR count). The SMILES string of the molecule is C=CCNC(=O)CN1CCC(c2nn(CCOC)c(=O)n2CC)CC1. The van der Waals surface area contributed by atoms with Crippen molar-refractivity contribution >= 4 is 5.91 Å². The van der Waals surface area contributed by atoms with Crippen molar-refractivity contribution in [3.05, 3.63) is 29.0 Å². The van der Waals surface area contributed by atoms with Gasteiger partial charge in [0.1, 0.15) is 5.82 Å². The Hall–Kier alpha value is -1.93. The minimum atomic E-state index is -0.0687. The topological polar surface area (TPSA) is 81.4 Å². The molecule has 0 aliphatic carbocycles. The molecule has 1 aromatic rings. The second-order valence-electron chi connectivity index (χ2n) is 6.24. The van der Waals surface area contributed by atoms with E-state index in [1.807, 2.05) is 6.92 Å². The number of ether oxygens (including phenoxy) is 1. The Morgan fingerprint density at radius 1 is 1.44 bits per heavy atom. The molecule has 1 fully saturated rings. The van der Waals surface area contributed by atoms with Gasteiger partial charge in [0.15, 0.2) is 0 Å². The number of aromatic nitrogens is 3. The fourth-order valence-electron chi connectivity index (χ4n) is 3.17. The van der Waals surface area contributed by atoms with Gasteiger partial charge in [-0.1, -0.05) is 6.08 Å². The summed E-state index contributed by atoms with van der Waals surface area (Å²) in [5.41, 5.74) is -0.0687. The van der Waals surface area contributed by atoms with Crippen LogP contribution in [0, 0.1) is 0 Å². The first-order chi connectivity index (χ1) is 12.1. The molecule has 0 spiro atoms. The maximum atomic E-state index is 12.4. The van der Waals surface area contributed by atoms with E-state index in [1.54, 1.807) is 17.8 Å². The van der Waals surface area contributed by atoms with Crippen LogP contribution in [0.25, 0.3) is 0 Å². The van der Waals surface area contributed by atoms with Crippen LogP contribution in [-0.4, -0.2) is 65.1 Å². The Bertz CT molecular complexity index is 629. The summed E-state index contributed by atoms with van der Waals surface area (Å²) in [4.78, 5) is 26.4. The van der Waals surface area contributed by atoms with Gasteiger partial charge in [0, 0.05) is 26.1 Å². The molecule has 1 aliphatic heterocycles. The molecule has 140 valence electrons. The average Bonchev–Trinajstić information content (AvgIpc) is 2.94. The summed E-state index contributed by atoms with van der Waals surface area (Å²) in [6.45, 7) is 9.68. The molecule has 0 unspecified atom stereocenters. The zero-order valence-electron chi connectivity index (χ0n) is 15.2. The Labute approximate surface area is 148 Å². The number of rotatable bonds is 9. The molecule has 0 radical (unpaired) electrons. The van der Waals surface area contributed by atoms with Crippen molar-refractivity contribution in [3.8, 4) is 0 Å². The summed E-state index contributed by atoms with van der Waals surface area (Å²) in [6, 6.07) is 0. The minimum absolute atomic E-state index is 0.0210. The molecule has 0 bridgehead atoms. The second kappa shape index (κ2) is 9.53. The Kier molecular flexibility index (Phi) is 7.39. The van der Waals surface area contributed by atoms with Gasteiger partial charge in [0.05, 0.1) is 19.7 Å². The Balaban J connectivity index is 1.97. The van der Waals surface area contributed by atoms with Gasteiger partial charge < -0.3 is 10.1 Å². The van der Waals surface area contributed by atoms with E-state index in [9.17, 15) is 9.59 Å². The van der Waals surface area contributed by atoms with Crippen LogP contribution in [-0.2, 0) is 22.6 Å². The van der Waals surface area contributed by atoms with Gasteiger partial charge in [-0.2, -0.15) is 5.10 Å². The Morgan fingerprint density at radius 2 is 2.16 bits per heavy atom. The molecule has 2 heterocycles. The third-order valence-electron chi connectivity index (χ3n) is 4.54. The van der Waals surface area contributed by atoms with E-state index < -0.39 is 0 Å². The standard InChI is InChI=1S/C17H29N5O3/c1-4-8-18-15(23)13-20-9-6-14(7-10-20)16-19-22(11-12-25-3)17(24)21(16)5-2/h4,14H,1,5-13H2,2-3H3,(H,18,23). The first-order valence-electron chi connectivity index (χ1n) is 8.87. The molecule has 1 amide bonds. The summed E-state index contributed by atoms with van der Waals surface area (Å²) in [5, 5.41) is 7.35. The van der Waals surface area contributed by atoms with Crippen molar-refractivity contribution in [2.45, 2.75) is 38.8 Å². The van der Waals surface area contributed by atoms with Gasteiger partial charge >= 0.3 is 5.69 Å².